The van der Waals surface area contributed by atoms with Crippen molar-refractivity contribution < 1.29 is 13.2 Å². The number of benzene rings is 3. The smallest absolute Gasteiger partial charge is 0.243 e. The molecule has 1 fully saturated rings. The Morgan fingerprint density at radius 3 is 2.39 bits per heavy atom. The van der Waals surface area contributed by atoms with Crippen molar-refractivity contribution in [2.24, 2.45) is 0 Å². The van der Waals surface area contributed by atoms with Crippen molar-refractivity contribution in [1.29, 1.82) is 0 Å². The maximum Gasteiger partial charge on any atom is 0.243 e. The maximum absolute atomic E-state index is 13.1. The lowest BCUT2D eigenvalue weighted by molar-refractivity contribution is -0.131. The van der Waals surface area contributed by atoms with Gasteiger partial charge in [0.15, 0.2) is 0 Å². The number of carbonyl (C=O) groups excluding carboxylic acids is 1. The third-order valence-electron chi connectivity index (χ3n) is 5.97. The Morgan fingerprint density at radius 2 is 1.58 bits per heavy atom. The van der Waals surface area contributed by atoms with Crippen molar-refractivity contribution in [2.75, 3.05) is 26.2 Å². The Kier molecular flexibility index (Phi) is 5.00. The van der Waals surface area contributed by atoms with Gasteiger partial charge in [0.25, 0.3) is 0 Å². The molecule has 1 aliphatic heterocycles. The van der Waals surface area contributed by atoms with Crippen LogP contribution >= 0.6 is 0 Å². The predicted molar refractivity (Wildman–Crippen MR) is 121 cm³/mol. The Balaban J connectivity index is 1.27. The van der Waals surface area contributed by atoms with Crippen LogP contribution in [0.4, 0.5) is 0 Å². The molecule has 0 saturated carbocycles. The number of sulfonamides is 1. The predicted octanol–water partition coefficient (Wildman–Crippen LogP) is 3.40. The van der Waals surface area contributed by atoms with E-state index in [1.54, 1.807) is 17.0 Å². The molecule has 1 saturated heterocycles. The minimum atomic E-state index is -3.59. The van der Waals surface area contributed by atoms with Gasteiger partial charge in [-0.3, -0.25) is 4.79 Å². The summed E-state index contributed by atoms with van der Waals surface area (Å²) >= 11 is 0. The van der Waals surface area contributed by atoms with Crippen LogP contribution in [0.5, 0.6) is 0 Å². The Morgan fingerprint density at radius 1 is 0.871 bits per heavy atom. The molecule has 4 aromatic rings. The lowest BCUT2D eigenvalue weighted by atomic mass is 10.1. The van der Waals surface area contributed by atoms with Gasteiger partial charge in [0, 0.05) is 43.3 Å². The van der Waals surface area contributed by atoms with E-state index in [-0.39, 0.29) is 5.91 Å². The first-order chi connectivity index (χ1) is 15.0. The summed E-state index contributed by atoms with van der Waals surface area (Å²) in [6.45, 7) is 1.39. The number of hydrogen-bond donors (Lipinski definition) is 1. The van der Waals surface area contributed by atoms with E-state index in [4.69, 9.17) is 0 Å². The van der Waals surface area contributed by atoms with Crippen LogP contribution in [0.25, 0.3) is 21.7 Å². The number of amides is 1. The van der Waals surface area contributed by atoms with E-state index >= 15 is 0 Å². The molecule has 0 radical (unpaired) electrons. The van der Waals surface area contributed by atoms with Gasteiger partial charge in [0.05, 0.1) is 11.3 Å². The molecule has 2 heterocycles. The average molecular weight is 434 g/mol. The van der Waals surface area contributed by atoms with Gasteiger partial charge >= 0.3 is 0 Å². The van der Waals surface area contributed by atoms with Crippen LogP contribution in [0.3, 0.4) is 0 Å². The van der Waals surface area contributed by atoms with E-state index in [2.05, 4.69) is 4.98 Å². The van der Waals surface area contributed by atoms with Crippen molar-refractivity contribution in [2.45, 2.75) is 11.3 Å². The fraction of sp³-hybridized carbons (Fsp3) is 0.208. The summed E-state index contributed by atoms with van der Waals surface area (Å²) in [5, 5.41) is 2.96. The normalized spacial score (nSPS) is 15.5. The fourth-order valence-electron chi connectivity index (χ4n) is 4.21. The fourth-order valence-corrected chi connectivity index (χ4v) is 5.67. The molecule has 3 aromatic carbocycles. The third-order valence-corrected chi connectivity index (χ3v) is 7.86. The second-order valence-electron chi connectivity index (χ2n) is 7.83. The van der Waals surface area contributed by atoms with Gasteiger partial charge < -0.3 is 9.88 Å². The summed E-state index contributed by atoms with van der Waals surface area (Å²) in [4.78, 5) is 18.1. The van der Waals surface area contributed by atoms with Crippen LogP contribution in [-0.2, 0) is 21.2 Å². The number of aromatic nitrogens is 1. The first-order valence-corrected chi connectivity index (χ1v) is 11.8. The van der Waals surface area contributed by atoms with Crippen LogP contribution in [0.2, 0.25) is 0 Å². The van der Waals surface area contributed by atoms with Crippen molar-refractivity contribution in [1.82, 2.24) is 14.2 Å². The van der Waals surface area contributed by atoms with Crippen molar-refractivity contribution in [3.63, 3.8) is 0 Å². The van der Waals surface area contributed by atoms with Gasteiger partial charge in [0.1, 0.15) is 0 Å². The Bertz CT molecular complexity index is 1370. The number of nitrogens with one attached hydrogen (secondary N) is 1. The molecule has 1 amide bonds. The lowest BCUT2D eigenvalue weighted by Gasteiger charge is -2.34. The highest BCUT2D eigenvalue weighted by Gasteiger charge is 2.30. The quantitative estimate of drug-likeness (QED) is 0.536. The molecular formula is C24H23N3O3S. The van der Waals surface area contributed by atoms with Crippen molar-refractivity contribution >= 4 is 37.6 Å². The number of nitrogens with zero attached hydrogens (tertiary/aromatic N) is 2. The molecular weight excluding hydrogens is 410 g/mol. The van der Waals surface area contributed by atoms with Gasteiger partial charge in [0.2, 0.25) is 15.9 Å². The number of carbonyl (C=O) groups is 1. The molecule has 0 spiro atoms. The van der Waals surface area contributed by atoms with Gasteiger partial charge in [-0.05, 0) is 34.5 Å². The molecule has 158 valence electrons. The summed E-state index contributed by atoms with van der Waals surface area (Å²) in [5.74, 6) is 0.0208. The van der Waals surface area contributed by atoms with Crippen molar-refractivity contribution in [3.05, 3.63) is 78.5 Å². The molecule has 1 N–H and O–H groups in total. The number of piperazine rings is 1. The Labute approximate surface area is 181 Å². The zero-order chi connectivity index (χ0) is 21.4. The second-order valence-corrected chi connectivity index (χ2v) is 9.77. The molecule has 0 atom stereocenters. The number of rotatable bonds is 4. The van der Waals surface area contributed by atoms with E-state index in [9.17, 15) is 13.2 Å². The van der Waals surface area contributed by atoms with E-state index in [1.165, 1.54) is 4.31 Å². The van der Waals surface area contributed by atoms with Gasteiger partial charge in [-0.2, -0.15) is 4.31 Å². The molecule has 7 heteroatoms. The monoisotopic (exact) mass is 433 g/mol. The molecule has 0 unspecified atom stereocenters. The summed E-state index contributed by atoms with van der Waals surface area (Å²) in [5.41, 5.74) is 1.98. The molecule has 0 aliphatic carbocycles. The second kappa shape index (κ2) is 7.83. The van der Waals surface area contributed by atoms with Gasteiger partial charge in [-0.1, -0.05) is 48.5 Å². The van der Waals surface area contributed by atoms with Crippen LogP contribution in [0.15, 0.2) is 77.8 Å². The minimum absolute atomic E-state index is 0.0208. The topological polar surface area (TPSA) is 73.5 Å². The summed E-state index contributed by atoms with van der Waals surface area (Å²) in [6.07, 6.45) is 2.18. The highest BCUT2D eigenvalue weighted by atomic mass is 32.2. The Hall–Kier alpha value is -3.16. The molecule has 0 bridgehead atoms. The zero-order valence-electron chi connectivity index (χ0n) is 17.0. The van der Waals surface area contributed by atoms with Crippen LogP contribution in [0.1, 0.15) is 5.56 Å². The van der Waals surface area contributed by atoms with E-state index in [1.807, 2.05) is 60.8 Å². The summed E-state index contributed by atoms with van der Waals surface area (Å²) in [7, 11) is -3.59. The highest BCUT2D eigenvalue weighted by Crippen LogP contribution is 2.23. The van der Waals surface area contributed by atoms with Crippen LogP contribution in [0, 0.1) is 0 Å². The standard InChI is InChI=1S/C24H23N3O3S/c28-24(16-20-17-25-23-8-4-3-7-22(20)23)26-11-13-27(14-12-26)31(29,30)21-10-9-18-5-1-2-6-19(18)15-21/h1-10,15,17,25H,11-14,16H2. The average Bonchev–Trinajstić information content (AvgIpc) is 3.21. The van der Waals surface area contributed by atoms with E-state index in [0.717, 1.165) is 27.2 Å². The molecule has 5 rings (SSSR count). The zero-order valence-corrected chi connectivity index (χ0v) is 17.8. The molecule has 1 aliphatic rings. The first-order valence-electron chi connectivity index (χ1n) is 10.3. The molecule has 1 aromatic heterocycles. The van der Waals surface area contributed by atoms with E-state index in [0.29, 0.717) is 37.5 Å². The first kappa shape index (κ1) is 19.8. The summed E-state index contributed by atoms with van der Waals surface area (Å²) in [6, 6.07) is 20.8. The largest absolute Gasteiger partial charge is 0.361 e. The highest BCUT2D eigenvalue weighted by molar-refractivity contribution is 7.89. The number of para-hydroxylation sites is 1. The SMILES string of the molecule is O=C(Cc1c[nH]c2ccccc12)N1CCN(S(=O)(=O)c2ccc3ccccc3c2)CC1. The number of aromatic amines is 1. The molecule has 6 nitrogen and oxygen atoms in total. The summed E-state index contributed by atoms with van der Waals surface area (Å²) < 4.78 is 27.7. The third kappa shape index (κ3) is 3.71. The van der Waals surface area contributed by atoms with Crippen LogP contribution < -0.4 is 0 Å². The van der Waals surface area contributed by atoms with Gasteiger partial charge in [-0.25, -0.2) is 8.42 Å². The number of fused-ring (bicyclic) bond motifs is 2. The maximum atomic E-state index is 13.1. The van der Waals surface area contributed by atoms with Crippen LogP contribution in [-0.4, -0.2) is 54.7 Å². The minimum Gasteiger partial charge on any atom is -0.361 e. The van der Waals surface area contributed by atoms with E-state index < -0.39 is 10.0 Å². The molecule has 31 heavy (non-hydrogen) atoms. The number of hydrogen-bond acceptors (Lipinski definition) is 3. The lowest BCUT2D eigenvalue weighted by Crippen LogP contribution is -2.50. The number of H-pyrrole nitrogens is 1. The van der Waals surface area contributed by atoms with Gasteiger partial charge in [-0.15, -0.1) is 0 Å². The van der Waals surface area contributed by atoms with Crippen molar-refractivity contribution in [3.8, 4) is 0 Å².